The van der Waals surface area contributed by atoms with Gasteiger partial charge in [0, 0.05) is 17.5 Å². The number of pyridine rings is 1. The molecule has 0 bridgehead atoms. The van der Waals surface area contributed by atoms with Crippen LogP contribution in [0.25, 0.3) is 17.1 Å². The molecule has 166 valence electrons. The van der Waals surface area contributed by atoms with E-state index in [1.165, 1.54) is 24.3 Å². The number of nitrogens with zero attached hydrogens (tertiary/aromatic N) is 4. The number of carbonyl (C=O) groups excluding carboxylic acids is 3. The van der Waals surface area contributed by atoms with E-state index < -0.39 is 17.8 Å². The number of carbonyl (C=O) groups is 3. The fraction of sp³-hybridized carbons (Fsp3) is 0.0909. The summed E-state index contributed by atoms with van der Waals surface area (Å²) in [7, 11) is 1.29. The molecule has 0 aliphatic heterocycles. The number of aromatic nitrogens is 4. The molecule has 0 unspecified atom stereocenters. The maximum Gasteiger partial charge on any atom is 0.337 e. The first-order chi connectivity index (χ1) is 15.9. The summed E-state index contributed by atoms with van der Waals surface area (Å²) in [6.45, 7) is 1.83. The quantitative estimate of drug-likeness (QED) is 0.428. The molecule has 1 aromatic carbocycles. The second kappa shape index (κ2) is 8.75. The molecule has 33 heavy (non-hydrogen) atoms. The number of amides is 2. The lowest BCUT2D eigenvalue weighted by atomic mass is 10.2. The maximum absolute atomic E-state index is 12.7. The number of nitrogens with one attached hydrogen (secondary N) is 1. The fourth-order valence-electron chi connectivity index (χ4n) is 3.02. The lowest BCUT2D eigenvalue weighted by molar-refractivity contribution is 0.0600. The van der Waals surface area contributed by atoms with Crippen molar-refractivity contribution in [3.8, 4) is 17.1 Å². The predicted molar refractivity (Wildman–Crippen MR) is 116 cm³/mol. The summed E-state index contributed by atoms with van der Waals surface area (Å²) < 4.78 is 11.4. The zero-order valence-electron chi connectivity index (χ0n) is 17.6. The van der Waals surface area contributed by atoms with Gasteiger partial charge in [-0.15, -0.1) is 0 Å². The van der Waals surface area contributed by atoms with Gasteiger partial charge >= 0.3 is 5.97 Å². The Labute approximate surface area is 187 Å². The van der Waals surface area contributed by atoms with Gasteiger partial charge in [0.2, 0.25) is 5.89 Å². The summed E-state index contributed by atoms with van der Waals surface area (Å²) in [4.78, 5) is 44.5. The molecule has 0 aliphatic rings. The SMILES string of the molecule is COC(=O)c1ccc(-n2cc(NC(=O)c3coc(-c4ccnc(C)c4)n3)c(C(N)=O)n2)cc1. The van der Waals surface area contributed by atoms with Crippen molar-refractivity contribution in [2.24, 2.45) is 5.73 Å². The van der Waals surface area contributed by atoms with E-state index in [4.69, 9.17) is 10.2 Å². The Hall–Kier alpha value is -4.80. The molecule has 0 saturated carbocycles. The van der Waals surface area contributed by atoms with Crippen LogP contribution in [0.5, 0.6) is 0 Å². The molecule has 3 heterocycles. The standard InChI is InChI=1S/C22H18N6O5/c1-12-9-14(7-8-24-12)21-26-17(11-33-21)20(30)25-16-10-28(27-18(16)19(23)29)15-5-3-13(4-6-15)22(31)32-2/h3-11H,1-2H3,(H2,23,29)(H,25,30). The molecule has 0 radical (unpaired) electrons. The molecule has 11 nitrogen and oxygen atoms in total. The third-order valence-corrected chi connectivity index (χ3v) is 4.63. The van der Waals surface area contributed by atoms with Crippen molar-refractivity contribution in [2.45, 2.75) is 6.92 Å². The third-order valence-electron chi connectivity index (χ3n) is 4.63. The van der Waals surface area contributed by atoms with Crippen LogP contribution in [0.15, 0.2) is 59.5 Å². The van der Waals surface area contributed by atoms with Crippen LogP contribution in [0, 0.1) is 6.92 Å². The van der Waals surface area contributed by atoms with Crippen LogP contribution in [-0.2, 0) is 4.74 Å². The number of primary amides is 1. The van der Waals surface area contributed by atoms with Gasteiger partial charge in [0.05, 0.1) is 30.2 Å². The first-order valence-electron chi connectivity index (χ1n) is 9.64. The zero-order chi connectivity index (χ0) is 23.5. The van der Waals surface area contributed by atoms with Gasteiger partial charge in [-0.2, -0.15) is 5.10 Å². The summed E-state index contributed by atoms with van der Waals surface area (Å²) in [6.07, 6.45) is 4.25. The minimum Gasteiger partial charge on any atom is -0.465 e. The van der Waals surface area contributed by atoms with Crippen LogP contribution in [-0.4, -0.2) is 44.6 Å². The normalized spacial score (nSPS) is 10.6. The number of anilines is 1. The summed E-state index contributed by atoms with van der Waals surface area (Å²) in [6, 6.07) is 9.79. The van der Waals surface area contributed by atoms with Gasteiger partial charge in [0.15, 0.2) is 11.4 Å². The van der Waals surface area contributed by atoms with Gasteiger partial charge in [-0.3, -0.25) is 14.6 Å². The van der Waals surface area contributed by atoms with E-state index in [1.54, 1.807) is 42.6 Å². The predicted octanol–water partition coefficient (Wildman–Crippen LogP) is 2.37. The number of esters is 1. The number of nitrogens with two attached hydrogens (primary N) is 1. The minimum absolute atomic E-state index is 0.00469. The van der Waals surface area contributed by atoms with Crippen molar-refractivity contribution in [1.82, 2.24) is 19.7 Å². The lowest BCUT2D eigenvalue weighted by Gasteiger charge is -2.03. The van der Waals surface area contributed by atoms with Crippen LogP contribution in [0.4, 0.5) is 5.69 Å². The summed E-state index contributed by atoms with van der Waals surface area (Å²) in [5.74, 6) is -1.67. The van der Waals surface area contributed by atoms with Crippen molar-refractivity contribution in [3.63, 3.8) is 0 Å². The summed E-state index contributed by atoms with van der Waals surface area (Å²) >= 11 is 0. The molecule has 3 N–H and O–H groups in total. The fourth-order valence-corrected chi connectivity index (χ4v) is 3.02. The Morgan fingerprint density at radius 1 is 1.15 bits per heavy atom. The smallest absolute Gasteiger partial charge is 0.337 e. The van der Waals surface area contributed by atoms with Crippen molar-refractivity contribution in [1.29, 1.82) is 0 Å². The third kappa shape index (κ3) is 4.46. The maximum atomic E-state index is 12.7. The summed E-state index contributed by atoms with van der Waals surface area (Å²) in [5.41, 5.74) is 7.70. The molecule has 4 rings (SSSR count). The number of hydrogen-bond acceptors (Lipinski definition) is 8. The molecule has 0 atom stereocenters. The van der Waals surface area contributed by atoms with E-state index in [1.807, 2.05) is 6.92 Å². The first-order valence-corrected chi connectivity index (χ1v) is 9.64. The Bertz CT molecular complexity index is 1360. The number of hydrogen-bond donors (Lipinski definition) is 2. The van der Waals surface area contributed by atoms with E-state index in [9.17, 15) is 14.4 Å². The average Bonchev–Trinajstić information content (AvgIpc) is 3.47. The highest BCUT2D eigenvalue weighted by Gasteiger charge is 2.20. The van der Waals surface area contributed by atoms with Crippen LogP contribution in [0.3, 0.4) is 0 Å². The van der Waals surface area contributed by atoms with E-state index in [0.717, 1.165) is 5.69 Å². The van der Waals surface area contributed by atoms with Gasteiger partial charge in [0.1, 0.15) is 6.26 Å². The highest BCUT2D eigenvalue weighted by atomic mass is 16.5. The topological polar surface area (TPSA) is 155 Å². The molecule has 4 aromatic rings. The monoisotopic (exact) mass is 446 g/mol. The van der Waals surface area contributed by atoms with Crippen molar-refractivity contribution in [2.75, 3.05) is 12.4 Å². The molecule has 3 aromatic heterocycles. The molecule has 11 heteroatoms. The van der Waals surface area contributed by atoms with Gasteiger partial charge < -0.3 is 20.2 Å². The molecule has 0 saturated heterocycles. The molecular formula is C22H18N6O5. The number of ether oxygens (including phenoxy) is 1. The van der Waals surface area contributed by atoms with Gasteiger partial charge in [-0.05, 0) is 43.3 Å². The van der Waals surface area contributed by atoms with Crippen molar-refractivity contribution in [3.05, 3.63) is 77.7 Å². The first kappa shape index (κ1) is 21.4. The number of oxazole rings is 1. The van der Waals surface area contributed by atoms with Crippen LogP contribution in [0.2, 0.25) is 0 Å². The van der Waals surface area contributed by atoms with Gasteiger partial charge in [0.25, 0.3) is 11.8 Å². The number of aryl methyl sites for hydroxylation is 1. The van der Waals surface area contributed by atoms with E-state index in [0.29, 0.717) is 16.8 Å². The van der Waals surface area contributed by atoms with Crippen LogP contribution in [0.1, 0.15) is 37.0 Å². The van der Waals surface area contributed by atoms with Gasteiger partial charge in [-0.25, -0.2) is 14.5 Å². The number of benzene rings is 1. The Kier molecular flexibility index (Phi) is 5.68. The minimum atomic E-state index is -0.830. The summed E-state index contributed by atoms with van der Waals surface area (Å²) in [5, 5.41) is 6.73. The molecule has 0 fully saturated rings. The molecule has 2 amide bonds. The second-order valence-corrected chi connectivity index (χ2v) is 6.92. The van der Waals surface area contributed by atoms with Crippen LogP contribution < -0.4 is 11.1 Å². The second-order valence-electron chi connectivity index (χ2n) is 6.92. The van der Waals surface area contributed by atoms with E-state index >= 15 is 0 Å². The van der Waals surface area contributed by atoms with Crippen molar-refractivity contribution >= 4 is 23.5 Å². The largest absolute Gasteiger partial charge is 0.465 e. The highest BCUT2D eigenvalue weighted by molar-refractivity contribution is 6.07. The Balaban J connectivity index is 1.58. The van der Waals surface area contributed by atoms with Gasteiger partial charge in [-0.1, -0.05) is 0 Å². The Morgan fingerprint density at radius 3 is 2.58 bits per heavy atom. The van der Waals surface area contributed by atoms with Crippen LogP contribution >= 0.6 is 0 Å². The van der Waals surface area contributed by atoms with E-state index in [-0.39, 0.29) is 23.0 Å². The van der Waals surface area contributed by atoms with E-state index in [2.05, 4.69) is 25.1 Å². The molecular weight excluding hydrogens is 428 g/mol. The molecule has 0 aliphatic carbocycles. The number of rotatable bonds is 6. The average molecular weight is 446 g/mol. The van der Waals surface area contributed by atoms with Crippen molar-refractivity contribution < 1.29 is 23.5 Å². The molecule has 0 spiro atoms. The number of methoxy groups -OCH3 is 1. The zero-order valence-corrected chi connectivity index (χ0v) is 17.6. The lowest BCUT2D eigenvalue weighted by Crippen LogP contribution is -2.18. The highest BCUT2D eigenvalue weighted by Crippen LogP contribution is 2.21. The Morgan fingerprint density at radius 2 is 1.91 bits per heavy atom.